The molecule has 0 saturated carbocycles. The maximum Gasteiger partial charge on any atom is 0.277 e. The summed E-state index contributed by atoms with van der Waals surface area (Å²) in [6.07, 6.45) is 0.602. The maximum absolute atomic E-state index is 5.58. The highest BCUT2D eigenvalue weighted by Crippen LogP contribution is 2.23. The Morgan fingerprint density at radius 2 is 2.11 bits per heavy atom. The van der Waals surface area contributed by atoms with E-state index in [1.165, 1.54) is 11.3 Å². The molecule has 0 aliphatic carbocycles. The van der Waals surface area contributed by atoms with Crippen molar-refractivity contribution >= 4 is 32.4 Å². The van der Waals surface area contributed by atoms with Gasteiger partial charge in [-0.1, -0.05) is 39.3 Å². The van der Waals surface area contributed by atoms with Crippen molar-refractivity contribution in [3.8, 4) is 11.6 Å². The van der Waals surface area contributed by atoms with Crippen LogP contribution in [0.5, 0.6) is 0 Å². The highest BCUT2D eigenvalue weighted by molar-refractivity contribution is 9.10. The highest BCUT2D eigenvalue weighted by Gasteiger charge is 2.12. The average molecular weight is 337 g/mol. The second kappa shape index (κ2) is 5.10. The molecule has 2 N–H and O–H groups in total. The molecular weight excluding hydrogens is 328 g/mol. The molecule has 0 amide bonds. The van der Waals surface area contributed by atoms with E-state index >= 15 is 0 Å². The van der Waals surface area contributed by atoms with Crippen molar-refractivity contribution in [3.63, 3.8) is 0 Å². The van der Waals surface area contributed by atoms with E-state index in [1.807, 2.05) is 24.3 Å². The largest absolute Gasteiger partial charge is 0.375 e. The molecule has 0 spiro atoms. The summed E-state index contributed by atoms with van der Waals surface area (Å²) in [6.45, 7) is 0. The summed E-state index contributed by atoms with van der Waals surface area (Å²) < 4.78 is 6.22. The SMILES string of the molecule is Nc1nc(-c2nc(Cc3ccccc3Br)no2)cs1. The van der Waals surface area contributed by atoms with E-state index in [9.17, 15) is 0 Å². The van der Waals surface area contributed by atoms with Crippen LogP contribution in [0.15, 0.2) is 38.6 Å². The molecule has 19 heavy (non-hydrogen) atoms. The van der Waals surface area contributed by atoms with Gasteiger partial charge in [0.1, 0.15) is 5.69 Å². The van der Waals surface area contributed by atoms with Crippen LogP contribution in [0.1, 0.15) is 11.4 Å². The van der Waals surface area contributed by atoms with Crippen LogP contribution in [-0.4, -0.2) is 15.1 Å². The Kier molecular flexibility index (Phi) is 3.31. The van der Waals surface area contributed by atoms with E-state index in [1.54, 1.807) is 5.38 Å². The Labute approximate surface area is 121 Å². The van der Waals surface area contributed by atoms with E-state index < -0.39 is 0 Å². The van der Waals surface area contributed by atoms with E-state index in [-0.39, 0.29) is 0 Å². The van der Waals surface area contributed by atoms with Gasteiger partial charge in [0, 0.05) is 16.3 Å². The third-order valence-electron chi connectivity index (χ3n) is 2.52. The molecule has 1 aromatic carbocycles. The number of rotatable bonds is 3. The number of thiazole rings is 1. The lowest BCUT2D eigenvalue weighted by atomic mass is 10.1. The zero-order valence-corrected chi connectivity index (χ0v) is 12.1. The monoisotopic (exact) mass is 336 g/mol. The van der Waals surface area contributed by atoms with Crippen molar-refractivity contribution in [1.82, 2.24) is 15.1 Å². The van der Waals surface area contributed by atoms with Crippen LogP contribution in [0.2, 0.25) is 0 Å². The Morgan fingerprint density at radius 1 is 1.26 bits per heavy atom. The van der Waals surface area contributed by atoms with Gasteiger partial charge in [0.05, 0.1) is 0 Å². The van der Waals surface area contributed by atoms with Gasteiger partial charge in [0.2, 0.25) is 0 Å². The third-order valence-corrected chi connectivity index (χ3v) is 3.96. The number of hydrogen-bond donors (Lipinski definition) is 1. The van der Waals surface area contributed by atoms with Gasteiger partial charge in [-0.25, -0.2) is 4.98 Å². The number of nitrogens with zero attached hydrogens (tertiary/aromatic N) is 3. The summed E-state index contributed by atoms with van der Waals surface area (Å²) in [6, 6.07) is 7.94. The summed E-state index contributed by atoms with van der Waals surface area (Å²) in [4.78, 5) is 8.43. The van der Waals surface area contributed by atoms with Crippen molar-refractivity contribution in [2.45, 2.75) is 6.42 Å². The average Bonchev–Trinajstić information content (AvgIpc) is 3.01. The number of nitrogen functional groups attached to an aromatic ring is 1. The lowest BCUT2D eigenvalue weighted by molar-refractivity contribution is 0.423. The van der Waals surface area contributed by atoms with Crippen LogP contribution in [0.4, 0.5) is 5.13 Å². The van der Waals surface area contributed by atoms with Crippen LogP contribution in [0, 0.1) is 0 Å². The molecule has 0 fully saturated rings. The summed E-state index contributed by atoms with van der Waals surface area (Å²) in [5.41, 5.74) is 7.30. The van der Waals surface area contributed by atoms with Crippen LogP contribution < -0.4 is 5.73 Å². The summed E-state index contributed by atoms with van der Waals surface area (Å²) in [7, 11) is 0. The van der Waals surface area contributed by atoms with Gasteiger partial charge in [-0.3, -0.25) is 0 Å². The van der Waals surface area contributed by atoms with Crippen LogP contribution >= 0.6 is 27.3 Å². The van der Waals surface area contributed by atoms with Gasteiger partial charge < -0.3 is 10.3 Å². The standard InChI is InChI=1S/C12H9BrN4OS/c13-8-4-2-1-3-7(8)5-10-16-11(18-17-10)9-6-19-12(14)15-9/h1-4,6H,5H2,(H2,14,15). The zero-order chi connectivity index (χ0) is 13.2. The first kappa shape index (κ1) is 12.3. The van der Waals surface area contributed by atoms with Crippen molar-refractivity contribution in [2.75, 3.05) is 5.73 Å². The fourth-order valence-electron chi connectivity index (χ4n) is 1.63. The quantitative estimate of drug-likeness (QED) is 0.794. The molecule has 7 heteroatoms. The lowest BCUT2D eigenvalue weighted by Crippen LogP contribution is -1.92. The summed E-state index contributed by atoms with van der Waals surface area (Å²) >= 11 is 4.84. The van der Waals surface area contributed by atoms with Gasteiger partial charge in [0.25, 0.3) is 5.89 Å². The molecule has 3 aromatic rings. The third kappa shape index (κ3) is 2.66. The number of benzene rings is 1. The maximum atomic E-state index is 5.58. The van der Waals surface area contributed by atoms with E-state index in [2.05, 4.69) is 31.1 Å². The Bertz CT molecular complexity index is 709. The zero-order valence-electron chi connectivity index (χ0n) is 9.71. The van der Waals surface area contributed by atoms with E-state index in [4.69, 9.17) is 10.3 Å². The number of anilines is 1. The Morgan fingerprint density at radius 3 is 2.84 bits per heavy atom. The molecule has 0 saturated heterocycles. The molecule has 0 aliphatic heterocycles. The van der Waals surface area contributed by atoms with Crippen molar-refractivity contribution in [1.29, 1.82) is 0 Å². The molecular formula is C12H9BrN4OS. The summed E-state index contributed by atoms with van der Waals surface area (Å²) in [5, 5.41) is 6.24. The topological polar surface area (TPSA) is 77.8 Å². The summed E-state index contributed by atoms with van der Waals surface area (Å²) in [5.74, 6) is 1.02. The molecule has 0 radical (unpaired) electrons. The van der Waals surface area contributed by atoms with Gasteiger partial charge in [-0.2, -0.15) is 4.98 Å². The molecule has 5 nitrogen and oxygen atoms in total. The van der Waals surface area contributed by atoms with Crippen LogP contribution in [0.3, 0.4) is 0 Å². The van der Waals surface area contributed by atoms with Gasteiger partial charge in [-0.05, 0) is 11.6 Å². The molecule has 3 rings (SSSR count). The van der Waals surface area contributed by atoms with Crippen LogP contribution in [-0.2, 0) is 6.42 Å². The molecule has 0 aliphatic rings. The van der Waals surface area contributed by atoms with Gasteiger partial charge in [0.15, 0.2) is 11.0 Å². The van der Waals surface area contributed by atoms with Gasteiger partial charge in [-0.15, -0.1) is 11.3 Å². The molecule has 2 heterocycles. The smallest absolute Gasteiger partial charge is 0.277 e. The second-order valence-electron chi connectivity index (χ2n) is 3.85. The molecule has 0 bridgehead atoms. The molecule has 0 atom stereocenters. The Balaban J connectivity index is 1.84. The number of halogens is 1. The van der Waals surface area contributed by atoms with Crippen molar-refractivity contribution in [2.24, 2.45) is 0 Å². The van der Waals surface area contributed by atoms with E-state index in [0.717, 1.165) is 10.0 Å². The highest BCUT2D eigenvalue weighted by atomic mass is 79.9. The molecule has 2 aromatic heterocycles. The van der Waals surface area contributed by atoms with Crippen molar-refractivity contribution < 1.29 is 4.52 Å². The minimum Gasteiger partial charge on any atom is -0.375 e. The predicted molar refractivity (Wildman–Crippen MR) is 76.8 cm³/mol. The number of nitrogens with two attached hydrogens (primary N) is 1. The first-order chi connectivity index (χ1) is 9.22. The van der Waals surface area contributed by atoms with Crippen molar-refractivity contribution in [3.05, 3.63) is 45.5 Å². The first-order valence-corrected chi connectivity index (χ1v) is 7.17. The second-order valence-corrected chi connectivity index (χ2v) is 5.60. The molecule has 96 valence electrons. The normalized spacial score (nSPS) is 10.8. The number of aromatic nitrogens is 3. The fraction of sp³-hybridized carbons (Fsp3) is 0.0833. The Hall–Kier alpha value is -1.73. The number of hydrogen-bond acceptors (Lipinski definition) is 6. The van der Waals surface area contributed by atoms with E-state index in [0.29, 0.717) is 29.0 Å². The minimum atomic E-state index is 0.398. The minimum absolute atomic E-state index is 0.398. The van der Waals surface area contributed by atoms with Gasteiger partial charge >= 0.3 is 0 Å². The lowest BCUT2D eigenvalue weighted by Gasteiger charge is -1.99. The van der Waals surface area contributed by atoms with Crippen LogP contribution in [0.25, 0.3) is 11.6 Å². The predicted octanol–water partition coefficient (Wildman–Crippen LogP) is 3.13. The fourth-order valence-corrected chi connectivity index (χ4v) is 2.59. The molecule has 0 unspecified atom stereocenters. The first-order valence-electron chi connectivity index (χ1n) is 5.50.